The van der Waals surface area contributed by atoms with Crippen LogP contribution in [0.4, 0.5) is 0 Å². The molecule has 1 unspecified atom stereocenters. The minimum atomic E-state index is -0.380. The van der Waals surface area contributed by atoms with Gasteiger partial charge in [-0.25, -0.2) is 4.98 Å². The zero-order chi connectivity index (χ0) is 16.8. The van der Waals surface area contributed by atoms with Crippen molar-refractivity contribution in [3.8, 4) is 0 Å². The Labute approximate surface area is 140 Å². The highest BCUT2D eigenvalue weighted by Crippen LogP contribution is 2.17. The largest absolute Gasteiger partial charge is 0.383 e. The Morgan fingerprint density at radius 1 is 1.61 bits per heavy atom. The molecular weight excluding hydrogens is 316 g/mol. The van der Waals surface area contributed by atoms with E-state index in [0.29, 0.717) is 17.6 Å². The lowest BCUT2D eigenvalue weighted by Gasteiger charge is -2.21. The van der Waals surface area contributed by atoms with Gasteiger partial charge in [0.2, 0.25) is 0 Å². The first-order chi connectivity index (χ1) is 11.0. The molecule has 7 nitrogen and oxygen atoms in total. The molecule has 1 aromatic rings. The predicted molar refractivity (Wildman–Crippen MR) is 90.0 cm³/mol. The van der Waals surface area contributed by atoms with Crippen molar-refractivity contribution in [2.75, 3.05) is 53.2 Å². The summed E-state index contributed by atoms with van der Waals surface area (Å²) in [5.74, 6) is 0.153. The lowest BCUT2D eigenvalue weighted by Crippen LogP contribution is -2.36. The van der Waals surface area contributed by atoms with Crippen LogP contribution in [-0.4, -0.2) is 78.9 Å². The van der Waals surface area contributed by atoms with Gasteiger partial charge in [0.05, 0.1) is 6.61 Å². The van der Waals surface area contributed by atoms with Crippen molar-refractivity contribution >= 4 is 17.7 Å². The van der Waals surface area contributed by atoms with Crippen molar-refractivity contribution in [1.82, 2.24) is 19.8 Å². The van der Waals surface area contributed by atoms with Crippen molar-refractivity contribution in [1.29, 1.82) is 0 Å². The van der Waals surface area contributed by atoms with E-state index in [9.17, 15) is 9.59 Å². The van der Waals surface area contributed by atoms with Gasteiger partial charge in [-0.05, 0) is 25.1 Å². The summed E-state index contributed by atoms with van der Waals surface area (Å²) in [6, 6.07) is 0. The Balaban J connectivity index is 1.92. The zero-order valence-corrected chi connectivity index (χ0v) is 14.7. The molecular formula is C15H24N4O3S. The average molecular weight is 340 g/mol. The number of amides is 1. The number of hydrogen-bond donors (Lipinski definition) is 1. The Morgan fingerprint density at radius 3 is 3.04 bits per heavy atom. The minimum Gasteiger partial charge on any atom is -0.383 e. The molecule has 1 N–H and O–H groups in total. The minimum absolute atomic E-state index is 0.0968. The Morgan fingerprint density at radius 2 is 2.39 bits per heavy atom. The second kappa shape index (κ2) is 8.47. The number of nitrogens with zero attached hydrogens (tertiary/aromatic N) is 3. The highest BCUT2D eigenvalue weighted by atomic mass is 32.2. The Bertz CT molecular complexity index is 592. The highest BCUT2D eigenvalue weighted by molar-refractivity contribution is 7.98. The van der Waals surface area contributed by atoms with Gasteiger partial charge in [-0.15, -0.1) is 0 Å². The first kappa shape index (κ1) is 18.0. The molecule has 1 amide bonds. The van der Waals surface area contributed by atoms with Crippen LogP contribution in [-0.2, 0) is 4.74 Å². The molecule has 8 heteroatoms. The summed E-state index contributed by atoms with van der Waals surface area (Å²) in [6.45, 7) is 4.28. The van der Waals surface area contributed by atoms with Crippen LogP contribution in [0.1, 0.15) is 16.8 Å². The van der Waals surface area contributed by atoms with Crippen LogP contribution < -0.4 is 5.56 Å². The number of likely N-dealkylation sites (tertiary alicyclic amines) is 1. The number of H-pyrrole nitrogens is 1. The number of methoxy groups -OCH3 is 1. The summed E-state index contributed by atoms with van der Waals surface area (Å²) < 4.78 is 5.10. The number of rotatable bonds is 7. The number of nitrogens with one attached hydrogen (secondary N) is 1. The molecule has 2 heterocycles. The van der Waals surface area contributed by atoms with E-state index in [0.717, 1.165) is 32.7 Å². The van der Waals surface area contributed by atoms with E-state index in [1.165, 1.54) is 18.0 Å². The molecule has 1 aliphatic rings. The molecule has 0 bridgehead atoms. The zero-order valence-electron chi connectivity index (χ0n) is 13.9. The fourth-order valence-electron chi connectivity index (χ4n) is 2.80. The van der Waals surface area contributed by atoms with Crippen LogP contribution in [0.3, 0.4) is 0 Å². The van der Waals surface area contributed by atoms with E-state index in [1.807, 2.05) is 6.26 Å². The van der Waals surface area contributed by atoms with Gasteiger partial charge in [-0.1, -0.05) is 11.8 Å². The van der Waals surface area contributed by atoms with Crippen LogP contribution in [0, 0.1) is 5.92 Å². The lowest BCUT2D eigenvalue weighted by molar-refractivity contribution is 0.0769. The monoisotopic (exact) mass is 340 g/mol. The molecule has 1 aliphatic heterocycles. The van der Waals surface area contributed by atoms with Crippen molar-refractivity contribution in [2.45, 2.75) is 11.6 Å². The standard InChI is InChI=1S/C15H24N4O3S/c1-18(9-11-4-5-19(10-11)6-7-22-2)14(21)12-8-16-15(23-3)17-13(12)20/h8,11H,4-7,9-10H2,1-3H3,(H,16,17,20). The number of aromatic amines is 1. The Hall–Kier alpha value is -1.38. The number of carbonyl (C=O) groups excluding carboxylic acids is 1. The molecule has 1 saturated heterocycles. The summed E-state index contributed by atoms with van der Waals surface area (Å²) in [6.07, 6.45) is 4.24. The fourth-order valence-corrected chi connectivity index (χ4v) is 3.15. The third kappa shape index (κ3) is 4.79. The average Bonchev–Trinajstić information content (AvgIpc) is 2.99. The number of carbonyl (C=O) groups is 1. The summed E-state index contributed by atoms with van der Waals surface area (Å²) in [4.78, 5) is 35.1. The van der Waals surface area contributed by atoms with Crippen LogP contribution in [0.15, 0.2) is 16.1 Å². The predicted octanol–water partition coefficient (Wildman–Crippen LogP) is 0.532. The number of ether oxygens (including phenoxy) is 1. The maximum absolute atomic E-state index is 12.4. The SMILES string of the molecule is COCCN1CCC(CN(C)C(=O)c2cnc(SC)[nH]c2=O)C1. The van der Waals surface area contributed by atoms with Crippen LogP contribution in [0.25, 0.3) is 0 Å². The van der Waals surface area contributed by atoms with Gasteiger partial charge in [-0.3, -0.25) is 9.59 Å². The summed E-state index contributed by atoms with van der Waals surface area (Å²) in [7, 11) is 3.44. The molecule has 0 saturated carbocycles. The summed E-state index contributed by atoms with van der Waals surface area (Å²) >= 11 is 1.34. The molecule has 0 radical (unpaired) electrons. The van der Waals surface area contributed by atoms with E-state index in [1.54, 1.807) is 19.1 Å². The van der Waals surface area contributed by atoms with Gasteiger partial charge in [0, 0.05) is 40.0 Å². The molecule has 0 spiro atoms. The van der Waals surface area contributed by atoms with Crippen molar-refractivity contribution in [3.05, 3.63) is 22.1 Å². The molecule has 1 aromatic heterocycles. The van der Waals surface area contributed by atoms with Crippen LogP contribution in [0.2, 0.25) is 0 Å². The quantitative estimate of drug-likeness (QED) is 0.576. The van der Waals surface area contributed by atoms with Crippen molar-refractivity contribution in [2.24, 2.45) is 5.92 Å². The van der Waals surface area contributed by atoms with Gasteiger partial charge in [0.15, 0.2) is 5.16 Å². The van der Waals surface area contributed by atoms with Crippen molar-refractivity contribution in [3.63, 3.8) is 0 Å². The van der Waals surface area contributed by atoms with Gasteiger partial charge in [0.25, 0.3) is 11.5 Å². The third-order valence-electron chi connectivity index (χ3n) is 4.06. The second-order valence-corrected chi connectivity index (χ2v) is 6.56. The molecule has 1 fully saturated rings. The normalized spacial score (nSPS) is 18.3. The molecule has 1 atom stereocenters. The number of aromatic nitrogens is 2. The van der Waals surface area contributed by atoms with Crippen LogP contribution >= 0.6 is 11.8 Å². The summed E-state index contributed by atoms with van der Waals surface area (Å²) in [5, 5.41) is 0.513. The lowest BCUT2D eigenvalue weighted by atomic mass is 10.1. The van der Waals surface area contributed by atoms with E-state index in [4.69, 9.17) is 4.74 Å². The maximum atomic E-state index is 12.4. The van der Waals surface area contributed by atoms with Gasteiger partial charge in [-0.2, -0.15) is 0 Å². The molecule has 2 rings (SSSR count). The number of hydrogen-bond acceptors (Lipinski definition) is 6. The first-order valence-electron chi connectivity index (χ1n) is 7.65. The highest BCUT2D eigenvalue weighted by Gasteiger charge is 2.25. The van der Waals surface area contributed by atoms with Gasteiger partial charge in [0.1, 0.15) is 5.56 Å². The van der Waals surface area contributed by atoms with E-state index < -0.39 is 0 Å². The number of thioether (sulfide) groups is 1. The molecule has 23 heavy (non-hydrogen) atoms. The fraction of sp³-hybridized carbons (Fsp3) is 0.667. The first-order valence-corrected chi connectivity index (χ1v) is 8.87. The van der Waals surface area contributed by atoms with E-state index in [-0.39, 0.29) is 17.0 Å². The van der Waals surface area contributed by atoms with E-state index in [2.05, 4.69) is 14.9 Å². The summed E-state index contributed by atoms with van der Waals surface area (Å²) in [5.41, 5.74) is -0.283. The molecule has 0 aromatic carbocycles. The molecule has 128 valence electrons. The van der Waals surface area contributed by atoms with Gasteiger partial charge >= 0.3 is 0 Å². The molecule has 0 aliphatic carbocycles. The Kier molecular flexibility index (Phi) is 6.61. The van der Waals surface area contributed by atoms with Crippen molar-refractivity contribution < 1.29 is 9.53 Å². The third-order valence-corrected chi connectivity index (χ3v) is 4.65. The van der Waals surface area contributed by atoms with E-state index >= 15 is 0 Å². The second-order valence-electron chi connectivity index (χ2n) is 5.77. The van der Waals surface area contributed by atoms with Crippen LogP contribution in [0.5, 0.6) is 0 Å². The van der Waals surface area contributed by atoms with Gasteiger partial charge < -0.3 is 19.5 Å². The topological polar surface area (TPSA) is 78.5 Å². The maximum Gasteiger partial charge on any atom is 0.264 e. The smallest absolute Gasteiger partial charge is 0.264 e.